The maximum Gasteiger partial charge on any atom is 0.230 e. The number of hydrogen-bond donors (Lipinski definition) is 2. The molecule has 2 aromatic heterocycles. The molecule has 2 heterocycles. The van der Waals surface area contributed by atoms with E-state index in [9.17, 15) is 4.79 Å². The molecule has 3 rings (SSSR count). The van der Waals surface area contributed by atoms with Crippen molar-refractivity contribution in [1.29, 1.82) is 5.26 Å². The standard InChI is InChI=1S/C17H13N5OS/c18-10-12-4-3-5-13(8-12)20-16(23)9-14-11-24-17(21-14)22-15-6-1-2-7-19-15/h1-8,11H,9H2,(H,20,23)(H,19,21,22). The third-order valence-corrected chi connectivity index (χ3v) is 3.88. The number of thiazole rings is 1. The predicted molar refractivity (Wildman–Crippen MR) is 93.1 cm³/mol. The van der Waals surface area contributed by atoms with Crippen LogP contribution in [0.15, 0.2) is 54.0 Å². The van der Waals surface area contributed by atoms with Crippen molar-refractivity contribution in [2.75, 3.05) is 10.6 Å². The first-order valence-corrected chi connectivity index (χ1v) is 8.03. The molecule has 0 atom stereocenters. The maximum absolute atomic E-state index is 12.1. The van der Waals surface area contributed by atoms with E-state index in [1.807, 2.05) is 29.6 Å². The molecule has 0 spiro atoms. The van der Waals surface area contributed by atoms with Crippen molar-refractivity contribution >= 4 is 33.9 Å². The molecule has 0 aliphatic heterocycles. The molecule has 6 nitrogen and oxygen atoms in total. The lowest BCUT2D eigenvalue weighted by Crippen LogP contribution is -2.14. The van der Waals surface area contributed by atoms with E-state index in [1.165, 1.54) is 11.3 Å². The summed E-state index contributed by atoms with van der Waals surface area (Å²) < 4.78 is 0. The Morgan fingerprint density at radius 2 is 2.17 bits per heavy atom. The van der Waals surface area contributed by atoms with Crippen molar-refractivity contribution in [2.24, 2.45) is 0 Å². The van der Waals surface area contributed by atoms with Crippen LogP contribution in [-0.2, 0) is 11.2 Å². The molecule has 0 bridgehead atoms. The molecular formula is C17H13N5OS. The lowest BCUT2D eigenvalue weighted by atomic mass is 10.2. The van der Waals surface area contributed by atoms with Crippen LogP contribution in [0.25, 0.3) is 0 Å². The summed E-state index contributed by atoms with van der Waals surface area (Å²) in [7, 11) is 0. The van der Waals surface area contributed by atoms with Crippen molar-refractivity contribution in [1.82, 2.24) is 9.97 Å². The molecule has 1 aromatic carbocycles. The first-order chi connectivity index (χ1) is 11.7. The second kappa shape index (κ2) is 7.35. The van der Waals surface area contributed by atoms with Crippen LogP contribution >= 0.6 is 11.3 Å². The van der Waals surface area contributed by atoms with Gasteiger partial charge in [-0.1, -0.05) is 12.1 Å². The smallest absolute Gasteiger partial charge is 0.230 e. The zero-order valence-electron chi connectivity index (χ0n) is 12.6. The minimum atomic E-state index is -0.181. The van der Waals surface area contributed by atoms with E-state index in [2.05, 4.69) is 20.6 Å². The Morgan fingerprint density at radius 3 is 2.96 bits per heavy atom. The van der Waals surface area contributed by atoms with E-state index < -0.39 is 0 Å². The number of hydrogen-bond acceptors (Lipinski definition) is 6. The van der Waals surface area contributed by atoms with E-state index in [0.717, 1.165) is 0 Å². The molecule has 0 fully saturated rings. The average Bonchev–Trinajstić information content (AvgIpc) is 3.02. The third kappa shape index (κ3) is 4.15. The first-order valence-electron chi connectivity index (χ1n) is 7.15. The fourth-order valence-electron chi connectivity index (χ4n) is 2.03. The lowest BCUT2D eigenvalue weighted by molar-refractivity contribution is -0.115. The van der Waals surface area contributed by atoms with Crippen LogP contribution in [0.4, 0.5) is 16.6 Å². The number of pyridine rings is 1. The number of nitrogens with one attached hydrogen (secondary N) is 2. The highest BCUT2D eigenvalue weighted by atomic mass is 32.1. The molecule has 0 unspecified atom stereocenters. The third-order valence-electron chi connectivity index (χ3n) is 3.07. The van der Waals surface area contributed by atoms with Gasteiger partial charge in [0, 0.05) is 17.3 Å². The molecule has 0 radical (unpaired) electrons. The van der Waals surface area contributed by atoms with Gasteiger partial charge in [0.25, 0.3) is 0 Å². The van der Waals surface area contributed by atoms with Gasteiger partial charge in [-0.25, -0.2) is 9.97 Å². The highest BCUT2D eigenvalue weighted by Crippen LogP contribution is 2.20. The van der Waals surface area contributed by atoms with E-state index >= 15 is 0 Å². The van der Waals surface area contributed by atoms with Crippen molar-refractivity contribution in [3.8, 4) is 6.07 Å². The van der Waals surface area contributed by atoms with Crippen LogP contribution < -0.4 is 10.6 Å². The molecule has 0 saturated carbocycles. The maximum atomic E-state index is 12.1. The lowest BCUT2D eigenvalue weighted by Gasteiger charge is -2.04. The highest BCUT2D eigenvalue weighted by Gasteiger charge is 2.09. The fraction of sp³-hybridized carbons (Fsp3) is 0.0588. The number of rotatable bonds is 5. The van der Waals surface area contributed by atoms with Crippen LogP contribution in [0.3, 0.4) is 0 Å². The minimum Gasteiger partial charge on any atom is -0.326 e. The normalized spacial score (nSPS) is 9.96. The molecular weight excluding hydrogens is 322 g/mol. The Bertz CT molecular complexity index is 885. The van der Waals surface area contributed by atoms with Crippen LogP contribution in [-0.4, -0.2) is 15.9 Å². The Kier molecular flexibility index (Phi) is 4.79. The van der Waals surface area contributed by atoms with Gasteiger partial charge in [-0.05, 0) is 30.3 Å². The average molecular weight is 335 g/mol. The van der Waals surface area contributed by atoms with Gasteiger partial charge < -0.3 is 10.6 Å². The second-order valence-electron chi connectivity index (χ2n) is 4.90. The molecule has 0 saturated heterocycles. The van der Waals surface area contributed by atoms with Crippen molar-refractivity contribution in [3.63, 3.8) is 0 Å². The Labute approximate surface area is 142 Å². The molecule has 118 valence electrons. The minimum absolute atomic E-state index is 0.164. The Hall–Kier alpha value is -3.24. The number of aromatic nitrogens is 2. The monoisotopic (exact) mass is 335 g/mol. The number of nitriles is 1. The predicted octanol–water partition coefficient (Wildman–Crippen LogP) is 3.33. The number of benzene rings is 1. The zero-order valence-corrected chi connectivity index (χ0v) is 13.4. The van der Waals surface area contributed by atoms with Gasteiger partial charge in [-0.3, -0.25) is 4.79 Å². The van der Waals surface area contributed by atoms with Crippen LogP contribution in [0.1, 0.15) is 11.3 Å². The number of carbonyl (C=O) groups is 1. The molecule has 1 amide bonds. The van der Waals surface area contributed by atoms with Crippen molar-refractivity contribution in [2.45, 2.75) is 6.42 Å². The van der Waals surface area contributed by atoms with Gasteiger partial charge in [0.2, 0.25) is 5.91 Å². The number of carbonyl (C=O) groups excluding carboxylic acids is 1. The second-order valence-corrected chi connectivity index (χ2v) is 5.76. The Balaban J connectivity index is 1.60. The highest BCUT2D eigenvalue weighted by molar-refractivity contribution is 7.13. The first kappa shape index (κ1) is 15.6. The SMILES string of the molecule is N#Cc1cccc(NC(=O)Cc2csc(Nc3ccccn3)n2)c1. The summed E-state index contributed by atoms with van der Waals surface area (Å²) in [5.74, 6) is 0.524. The number of amides is 1. The number of nitrogens with zero attached hydrogens (tertiary/aromatic N) is 3. The topological polar surface area (TPSA) is 90.7 Å². The van der Waals surface area contributed by atoms with Crippen LogP contribution in [0, 0.1) is 11.3 Å². The van der Waals surface area contributed by atoms with Gasteiger partial charge in [-0.2, -0.15) is 5.26 Å². The van der Waals surface area contributed by atoms with Gasteiger partial charge in [0.1, 0.15) is 5.82 Å². The van der Waals surface area contributed by atoms with Crippen LogP contribution in [0.2, 0.25) is 0 Å². The van der Waals surface area contributed by atoms with Crippen molar-refractivity contribution in [3.05, 3.63) is 65.3 Å². The quantitative estimate of drug-likeness (QED) is 0.746. The van der Waals surface area contributed by atoms with E-state index in [-0.39, 0.29) is 12.3 Å². The molecule has 7 heteroatoms. The molecule has 24 heavy (non-hydrogen) atoms. The molecule has 0 aliphatic carbocycles. The summed E-state index contributed by atoms with van der Waals surface area (Å²) in [5.41, 5.74) is 1.77. The van der Waals surface area contributed by atoms with Crippen LogP contribution in [0.5, 0.6) is 0 Å². The molecule has 0 aliphatic rings. The van der Waals surface area contributed by atoms with Crippen molar-refractivity contribution < 1.29 is 4.79 Å². The van der Waals surface area contributed by atoms with Gasteiger partial charge in [0.05, 0.1) is 23.7 Å². The largest absolute Gasteiger partial charge is 0.326 e. The number of anilines is 3. The zero-order chi connectivity index (χ0) is 16.8. The van der Waals surface area contributed by atoms with Gasteiger partial charge in [0.15, 0.2) is 5.13 Å². The fourth-order valence-corrected chi connectivity index (χ4v) is 2.75. The molecule has 2 N–H and O–H groups in total. The summed E-state index contributed by atoms with van der Waals surface area (Å²) in [5, 5.41) is 17.2. The summed E-state index contributed by atoms with van der Waals surface area (Å²) in [6.45, 7) is 0. The Morgan fingerprint density at radius 1 is 1.25 bits per heavy atom. The summed E-state index contributed by atoms with van der Waals surface area (Å²) in [6.07, 6.45) is 1.86. The molecule has 3 aromatic rings. The summed E-state index contributed by atoms with van der Waals surface area (Å²) in [4.78, 5) is 20.6. The van der Waals surface area contributed by atoms with E-state index in [1.54, 1.807) is 30.5 Å². The van der Waals surface area contributed by atoms with Gasteiger partial charge in [-0.15, -0.1) is 11.3 Å². The van der Waals surface area contributed by atoms with E-state index in [4.69, 9.17) is 5.26 Å². The summed E-state index contributed by atoms with van der Waals surface area (Å²) in [6, 6.07) is 14.4. The van der Waals surface area contributed by atoms with Gasteiger partial charge >= 0.3 is 0 Å². The summed E-state index contributed by atoms with van der Waals surface area (Å²) >= 11 is 1.41. The van der Waals surface area contributed by atoms with E-state index in [0.29, 0.717) is 27.9 Å².